The summed E-state index contributed by atoms with van der Waals surface area (Å²) < 4.78 is 0.900. The summed E-state index contributed by atoms with van der Waals surface area (Å²) in [4.78, 5) is 12.7. The molecule has 0 aromatic heterocycles. The van der Waals surface area contributed by atoms with Gasteiger partial charge in [-0.05, 0) is 31.7 Å². The first kappa shape index (κ1) is 15.0. The van der Waals surface area contributed by atoms with Gasteiger partial charge in [0, 0.05) is 22.6 Å². The lowest BCUT2D eigenvalue weighted by atomic mass is 10.1. The fourth-order valence-corrected chi connectivity index (χ4v) is 2.27. The standard InChI is InChI=1S/C13H18BrNO3/c1-3-15(9(2)6-13(17)18)8-10-7-11(14)4-5-12(10)16/h4-5,7,9,16H,3,6,8H2,1-2H3,(H,17,18). The summed E-state index contributed by atoms with van der Waals surface area (Å²) in [6.07, 6.45) is 0.0998. The molecule has 0 bridgehead atoms. The zero-order valence-corrected chi connectivity index (χ0v) is 12.1. The van der Waals surface area contributed by atoms with Crippen molar-refractivity contribution in [2.45, 2.75) is 32.9 Å². The van der Waals surface area contributed by atoms with E-state index in [4.69, 9.17) is 5.11 Å². The van der Waals surface area contributed by atoms with Crippen molar-refractivity contribution < 1.29 is 15.0 Å². The molecule has 0 spiro atoms. The highest BCUT2D eigenvalue weighted by molar-refractivity contribution is 9.10. The quantitative estimate of drug-likeness (QED) is 0.847. The lowest BCUT2D eigenvalue weighted by Crippen LogP contribution is -2.34. The SMILES string of the molecule is CCN(Cc1cc(Br)ccc1O)C(C)CC(=O)O. The van der Waals surface area contributed by atoms with Crippen molar-refractivity contribution in [3.63, 3.8) is 0 Å². The van der Waals surface area contributed by atoms with Crippen LogP contribution in [0.1, 0.15) is 25.8 Å². The molecule has 0 radical (unpaired) electrons. The van der Waals surface area contributed by atoms with Gasteiger partial charge in [-0.25, -0.2) is 0 Å². The summed E-state index contributed by atoms with van der Waals surface area (Å²) in [6.45, 7) is 5.14. The van der Waals surface area contributed by atoms with Gasteiger partial charge in [-0.15, -0.1) is 0 Å². The van der Waals surface area contributed by atoms with E-state index in [0.29, 0.717) is 6.54 Å². The Morgan fingerprint density at radius 2 is 2.17 bits per heavy atom. The van der Waals surface area contributed by atoms with E-state index >= 15 is 0 Å². The van der Waals surface area contributed by atoms with Crippen LogP contribution in [-0.2, 0) is 11.3 Å². The second kappa shape index (κ2) is 6.75. The molecule has 0 saturated carbocycles. The summed E-state index contributed by atoms with van der Waals surface area (Å²) >= 11 is 3.36. The first-order chi connectivity index (χ1) is 8.43. The lowest BCUT2D eigenvalue weighted by molar-refractivity contribution is -0.138. The van der Waals surface area contributed by atoms with E-state index in [0.717, 1.165) is 16.6 Å². The molecule has 5 heteroatoms. The third kappa shape index (κ3) is 4.31. The van der Waals surface area contributed by atoms with Crippen LogP contribution in [0.4, 0.5) is 0 Å². The number of carboxylic acids is 1. The normalized spacial score (nSPS) is 12.7. The topological polar surface area (TPSA) is 60.8 Å². The smallest absolute Gasteiger partial charge is 0.304 e. The number of aliphatic carboxylic acids is 1. The maximum Gasteiger partial charge on any atom is 0.304 e. The van der Waals surface area contributed by atoms with Crippen molar-refractivity contribution in [2.24, 2.45) is 0 Å². The molecule has 1 atom stereocenters. The van der Waals surface area contributed by atoms with Crippen LogP contribution < -0.4 is 0 Å². The van der Waals surface area contributed by atoms with Crippen LogP contribution in [0.3, 0.4) is 0 Å². The number of phenols is 1. The zero-order valence-electron chi connectivity index (χ0n) is 10.6. The molecule has 1 aromatic carbocycles. The van der Waals surface area contributed by atoms with E-state index in [9.17, 15) is 9.90 Å². The third-order valence-electron chi connectivity index (χ3n) is 2.91. The van der Waals surface area contributed by atoms with Crippen LogP contribution in [0.25, 0.3) is 0 Å². The number of benzene rings is 1. The Kier molecular flexibility index (Phi) is 5.62. The van der Waals surface area contributed by atoms with Gasteiger partial charge in [0.05, 0.1) is 6.42 Å². The molecule has 0 fully saturated rings. The Hall–Kier alpha value is -1.07. The Morgan fingerprint density at radius 3 is 2.72 bits per heavy atom. The summed E-state index contributed by atoms with van der Waals surface area (Å²) in [5.41, 5.74) is 0.795. The van der Waals surface area contributed by atoms with Crippen molar-refractivity contribution in [1.29, 1.82) is 0 Å². The van der Waals surface area contributed by atoms with Crippen molar-refractivity contribution in [2.75, 3.05) is 6.54 Å². The van der Waals surface area contributed by atoms with Crippen molar-refractivity contribution in [3.8, 4) is 5.75 Å². The van der Waals surface area contributed by atoms with Gasteiger partial charge in [-0.2, -0.15) is 0 Å². The summed E-state index contributed by atoms with van der Waals surface area (Å²) in [7, 11) is 0. The molecule has 0 aliphatic carbocycles. The lowest BCUT2D eigenvalue weighted by Gasteiger charge is -2.27. The highest BCUT2D eigenvalue weighted by Gasteiger charge is 2.17. The maximum atomic E-state index is 10.7. The monoisotopic (exact) mass is 315 g/mol. The molecule has 0 aliphatic rings. The largest absolute Gasteiger partial charge is 0.508 e. The number of aromatic hydroxyl groups is 1. The van der Waals surface area contributed by atoms with Gasteiger partial charge >= 0.3 is 5.97 Å². The predicted molar refractivity (Wildman–Crippen MR) is 73.6 cm³/mol. The fourth-order valence-electron chi connectivity index (χ4n) is 1.86. The second-order valence-corrected chi connectivity index (χ2v) is 5.20. The van der Waals surface area contributed by atoms with Crippen molar-refractivity contribution in [3.05, 3.63) is 28.2 Å². The average Bonchev–Trinajstić information content (AvgIpc) is 2.29. The van der Waals surface area contributed by atoms with Gasteiger partial charge < -0.3 is 10.2 Å². The van der Waals surface area contributed by atoms with E-state index in [2.05, 4.69) is 15.9 Å². The van der Waals surface area contributed by atoms with Crippen LogP contribution in [0.15, 0.2) is 22.7 Å². The van der Waals surface area contributed by atoms with Gasteiger partial charge in [0.2, 0.25) is 0 Å². The molecule has 100 valence electrons. The number of hydrogen-bond donors (Lipinski definition) is 2. The molecule has 0 heterocycles. The van der Waals surface area contributed by atoms with Gasteiger partial charge in [0.15, 0.2) is 0 Å². The fraction of sp³-hybridized carbons (Fsp3) is 0.462. The van der Waals surface area contributed by atoms with E-state index in [-0.39, 0.29) is 18.2 Å². The van der Waals surface area contributed by atoms with E-state index in [1.165, 1.54) is 0 Å². The molecule has 0 aliphatic heterocycles. The average molecular weight is 316 g/mol. The third-order valence-corrected chi connectivity index (χ3v) is 3.41. The van der Waals surface area contributed by atoms with Crippen molar-refractivity contribution in [1.82, 2.24) is 4.90 Å². The summed E-state index contributed by atoms with van der Waals surface area (Å²) in [5, 5.41) is 18.6. The van der Waals surface area contributed by atoms with E-state index in [1.54, 1.807) is 12.1 Å². The predicted octanol–water partition coefficient (Wildman–Crippen LogP) is 2.84. The first-order valence-electron chi connectivity index (χ1n) is 5.87. The van der Waals surface area contributed by atoms with Crippen LogP contribution in [0, 0.1) is 0 Å². The minimum Gasteiger partial charge on any atom is -0.508 e. The first-order valence-corrected chi connectivity index (χ1v) is 6.66. The molecular formula is C13H18BrNO3. The van der Waals surface area contributed by atoms with Crippen LogP contribution >= 0.6 is 15.9 Å². The molecule has 4 nitrogen and oxygen atoms in total. The number of carbonyl (C=O) groups is 1. The molecule has 1 rings (SSSR count). The van der Waals surface area contributed by atoms with E-state index in [1.807, 2.05) is 24.8 Å². The number of hydrogen-bond acceptors (Lipinski definition) is 3. The number of halogens is 1. The highest BCUT2D eigenvalue weighted by Crippen LogP contribution is 2.24. The van der Waals surface area contributed by atoms with Crippen molar-refractivity contribution >= 4 is 21.9 Å². The molecule has 0 saturated heterocycles. The Balaban J connectivity index is 2.79. The van der Waals surface area contributed by atoms with Gasteiger partial charge in [0.25, 0.3) is 0 Å². The number of rotatable bonds is 6. The van der Waals surface area contributed by atoms with Gasteiger partial charge in [-0.3, -0.25) is 9.69 Å². The molecular weight excluding hydrogens is 298 g/mol. The molecule has 1 aromatic rings. The number of carboxylic acid groups (broad SMARTS) is 1. The molecule has 0 amide bonds. The zero-order chi connectivity index (χ0) is 13.7. The molecule has 1 unspecified atom stereocenters. The molecule has 2 N–H and O–H groups in total. The summed E-state index contributed by atoms with van der Waals surface area (Å²) in [6, 6.07) is 5.20. The van der Waals surface area contributed by atoms with Gasteiger partial charge in [-0.1, -0.05) is 22.9 Å². The Morgan fingerprint density at radius 1 is 1.50 bits per heavy atom. The second-order valence-electron chi connectivity index (χ2n) is 4.28. The molecule has 18 heavy (non-hydrogen) atoms. The minimum atomic E-state index is -0.806. The Labute approximate surface area is 115 Å². The highest BCUT2D eigenvalue weighted by atomic mass is 79.9. The number of nitrogens with zero attached hydrogens (tertiary/aromatic N) is 1. The van der Waals surface area contributed by atoms with E-state index < -0.39 is 5.97 Å². The maximum absolute atomic E-state index is 10.7. The van der Waals surface area contributed by atoms with Crippen LogP contribution in [-0.4, -0.2) is 33.7 Å². The van der Waals surface area contributed by atoms with Crippen LogP contribution in [0.5, 0.6) is 5.75 Å². The Bertz CT molecular complexity index is 423. The summed E-state index contributed by atoms with van der Waals surface area (Å²) in [5.74, 6) is -0.571. The number of phenolic OH excluding ortho intramolecular Hbond substituents is 1. The van der Waals surface area contributed by atoms with Crippen LogP contribution in [0.2, 0.25) is 0 Å². The van der Waals surface area contributed by atoms with Gasteiger partial charge in [0.1, 0.15) is 5.75 Å². The minimum absolute atomic E-state index is 0.0640.